The van der Waals surface area contributed by atoms with Gasteiger partial charge in [-0.05, 0) is 46.9 Å². The summed E-state index contributed by atoms with van der Waals surface area (Å²) in [5, 5.41) is 0. The van der Waals surface area contributed by atoms with Crippen molar-refractivity contribution in [3.8, 4) is 11.3 Å². The number of hydrogen-bond acceptors (Lipinski definition) is 3. The highest BCUT2D eigenvalue weighted by atomic mass is 127. The highest BCUT2D eigenvalue weighted by molar-refractivity contribution is 14.1. The van der Waals surface area contributed by atoms with Gasteiger partial charge in [0.25, 0.3) is 0 Å². The fourth-order valence-corrected chi connectivity index (χ4v) is 3.48. The van der Waals surface area contributed by atoms with Crippen LogP contribution in [0.25, 0.3) is 16.9 Å². The zero-order chi connectivity index (χ0) is 14.3. The summed E-state index contributed by atoms with van der Waals surface area (Å²) in [6.45, 7) is 0. The van der Waals surface area contributed by atoms with E-state index in [0.717, 1.165) is 20.6 Å². The molecule has 0 N–H and O–H groups in total. The number of sulfone groups is 1. The largest absolute Gasteiger partial charge is 0.294 e. The molecule has 2 aromatic heterocycles. The second kappa shape index (κ2) is 4.85. The molecule has 0 aliphatic heterocycles. The first-order valence-electron chi connectivity index (χ1n) is 5.90. The van der Waals surface area contributed by atoms with Gasteiger partial charge in [0.05, 0.1) is 4.90 Å². The van der Waals surface area contributed by atoms with Crippen LogP contribution >= 0.6 is 22.6 Å². The molecule has 0 aliphatic rings. The molecule has 0 saturated carbocycles. The number of pyridine rings is 1. The summed E-state index contributed by atoms with van der Waals surface area (Å²) < 4.78 is 25.9. The molecule has 0 radical (unpaired) electrons. The molecule has 0 spiro atoms. The first-order chi connectivity index (χ1) is 9.47. The van der Waals surface area contributed by atoms with Crippen molar-refractivity contribution in [2.24, 2.45) is 0 Å². The summed E-state index contributed by atoms with van der Waals surface area (Å²) in [7, 11) is -3.16. The number of benzene rings is 1. The molecule has 2 heterocycles. The molecule has 0 bridgehead atoms. The number of rotatable bonds is 2. The molecular weight excluding hydrogens is 387 g/mol. The Kier molecular flexibility index (Phi) is 3.29. The van der Waals surface area contributed by atoms with Crippen molar-refractivity contribution in [1.82, 2.24) is 9.38 Å². The van der Waals surface area contributed by atoms with Crippen LogP contribution in [-0.2, 0) is 9.84 Å². The number of aromatic nitrogens is 2. The molecule has 1 aromatic carbocycles. The quantitative estimate of drug-likeness (QED) is 0.624. The first-order valence-corrected chi connectivity index (χ1v) is 8.87. The Labute approximate surface area is 130 Å². The van der Waals surface area contributed by atoms with E-state index < -0.39 is 9.84 Å². The lowest BCUT2D eigenvalue weighted by Crippen LogP contribution is -1.96. The van der Waals surface area contributed by atoms with Crippen molar-refractivity contribution in [2.45, 2.75) is 4.90 Å². The molecule has 3 aromatic rings. The van der Waals surface area contributed by atoms with Gasteiger partial charge in [-0.1, -0.05) is 18.2 Å². The fraction of sp³-hybridized carbons (Fsp3) is 0.0714. The van der Waals surface area contributed by atoms with Gasteiger partial charge in [0.1, 0.15) is 15.0 Å². The minimum absolute atomic E-state index is 0.319. The van der Waals surface area contributed by atoms with Crippen LogP contribution in [0.5, 0.6) is 0 Å². The third-order valence-corrected chi connectivity index (χ3v) is 5.19. The van der Waals surface area contributed by atoms with E-state index in [0.29, 0.717) is 4.90 Å². The van der Waals surface area contributed by atoms with Crippen molar-refractivity contribution in [2.75, 3.05) is 6.26 Å². The number of imidazole rings is 1. The molecule has 4 nitrogen and oxygen atoms in total. The van der Waals surface area contributed by atoms with Crippen LogP contribution in [0.2, 0.25) is 0 Å². The summed E-state index contributed by atoms with van der Waals surface area (Å²) in [5.41, 5.74) is 2.64. The predicted molar refractivity (Wildman–Crippen MR) is 86.5 cm³/mol. The predicted octanol–water partition coefficient (Wildman–Crippen LogP) is 3.01. The van der Waals surface area contributed by atoms with Crippen molar-refractivity contribution in [3.05, 3.63) is 52.4 Å². The number of hydrogen-bond donors (Lipinski definition) is 0. The standard InChI is InChI=1S/C14H11IN2O2S/c1-20(18,19)11-7-5-10(6-8-11)13-14(15)17-9-3-2-4-12(17)16-13/h2-9H,1H3. The Hall–Kier alpha value is -1.41. The normalized spacial score (nSPS) is 11.9. The fourth-order valence-electron chi connectivity index (χ4n) is 2.01. The van der Waals surface area contributed by atoms with Crippen LogP contribution in [0.1, 0.15) is 0 Å². The van der Waals surface area contributed by atoms with E-state index in [2.05, 4.69) is 27.6 Å². The maximum Gasteiger partial charge on any atom is 0.175 e. The molecule has 0 fully saturated rings. The van der Waals surface area contributed by atoms with Gasteiger partial charge in [-0.2, -0.15) is 0 Å². The second-order valence-electron chi connectivity index (χ2n) is 4.48. The van der Waals surface area contributed by atoms with Gasteiger partial charge in [0.15, 0.2) is 9.84 Å². The summed E-state index contributed by atoms with van der Waals surface area (Å²) in [5.74, 6) is 0. The molecule has 0 amide bonds. The molecule has 3 rings (SSSR count). The average molecular weight is 398 g/mol. The number of fused-ring (bicyclic) bond motifs is 1. The van der Waals surface area contributed by atoms with Gasteiger partial charge in [-0.3, -0.25) is 4.40 Å². The molecule has 0 saturated heterocycles. The Balaban J connectivity index is 2.14. The zero-order valence-electron chi connectivity index (χ0n) is 10.6. The lowest BCUT2D eigenvalue weighted by molar-refractivity contribution is 0.602. The van der Waals surface area contributed by atoms with Crippen molar-refractivity contribution < 1.29 is 8.42 Å². The summed E-state index contributed by atoms with van der Waals surface area (Å²) in [4.78, 5) is 4.90. The number of nitrogens with zero attached hydrogens (tertiary/aromatic N) is 2. The van der Waals surface area contributed by atoms with E-state index in [4.69, 9.17) is 0 Å². The lowest BCUT2D eigenvalue weighted by atomic mass is 10.2. The van der Waals surface area contributed by atoms with E-state index in [1.165, 1.54) is 6.26 Å². The van der Waals surface area contributed by atoms with E-state index >= 15 is 0 Å². The summed E-state index contributed by atoms with van der Waals surface area (Å²) in [6, 6.07) is 12.6. The van der Waals surface area contributed by atoms with Crippen LogP contribution in [0.4, 0.5) is 0 Å². The third-order valence-electron chi connectivity index (χ3n) is 3.03. The van der Waals surface area contributed by atoms with Crippen LogP contribution < -0.4 is 0 Å². The monoisotopic (exact) mass is 398 g/mol. The van der Waals surface area contributed by atoms with Crippen molar-refractivity contribution in [3.63, 3.8) is 0 Å². The highest BCUT2D eigenvalue weighted by Gasteiger charge is 2.12. The van der Waals surface area contributed by atoms with Crippen molar-refractivity contribution >= 4 is 38.1 Å². The Morgan fingerprint density at radius 3 is 2.40 bits per heavy atom. The highest BCUT2D eigenvalue weighted by Crippen LogP contribution is 2.26. The lowest BCUT2D eigenvalue weighted by Gasteiger charge is -2.01. The average Bonchev–Trinajstić information content (AvgIpc) is 2.76. The van der Waals surface area contributed by atoms with Gasteiger partial charge in [0, 0.05) is 18.0 Å². The van der Waals surface area contributed by atoms with Crippen molar-refractivity contribution in [1.29, 1.82) is 0 Å². The maximum absolute atomic E-state index is 11.5. The molecule has 6 heteroatoms. The topological polar surface area (TPSA) is 51.4 Å². The smallest absolute Gasteiger partial charge is 0.175 e. The van der Waals surface area contributed by atoms with Crippen LogP contribution in [0, 0.1) is 3.70 Å². The van der Waals surface area contributed by atoms with E-state index in [9.17, 15) is 8.42 Å². The summed E-state index contributed by atoms with van der Waals surface area (Å²) >= 11 is 2.24. The van der Waals surface area contributed by atoms with Crippen LogP contribution in [0.3, 0.4) is 0 Å². The maximum atomic E-state index is 11.5. The number of halogens is 1. The first kappa shape index (κ1) is 13.6. The summed E-state index contributed by atoms with van der Waals surface area (Å²) in [6.07, 6.45) is 3.16. The van der Waals surface area contributed by atoms with Crippen LogP contribution in [-0.4, -0.2) is 24.1 Å². The molecule has 0 aliphatic carbocycles. The Morgan fingerprint density at radius 1 is 1.10 bits per heavy atom. The molecule has 0 atom stereocenters. The van der Waals surface area contributed by atoms with Gasteiger partial charge in [-0.25, -0.2) is 13.4 Å². The third kappa shape index (κ3) is 2.33. The molecule has 0 unspecified atom stereocenters. The van der Waals surface area contributed by atoms with E-state index in [1.54, 1.807) is 24.3 Å². The molecule has 20 heavy (non-hydrogen) atoms. The van der Waals surface area contributed by atoms with Crippen LogP contribution in [0.15, 0.2) is 53.6 Å². The van der Waals surface area contributed by atoms with Gasteiger partial charge in [0.2, 0.25) is 0 Å². The second-order valence-corrected chi connectivity index (χ2v) is 7.51. The SMILES string of the molecule is CS(=O)(=O)c1ccc(-c2nc3ccccn3c2I)cc1. The minimum atomic E-state index is -3.16. The zero-order valence-corrected chi connectivity index (χ0v) is 13.6. The van der Waals surface area contributed by atoms with Gasteiger partial charge in [-0.15, -0.1) is 0 Å². The van der Waals surface area contributed by atoms with E-state index in [-0.39, 0.29) is 0 Å². The van der Waals surface area contributed by atoms with E-state index in [1.807, 2.05) is 28.8 Å². The molecular formula is C14H11IN2O2S. The minimum Gasteiger partial charge on any atom is -0.294 e. The van der Waals surface area contributed by atoms with Gasteiger partial charge >= 0.3 is 0 Å². The Bertz CT molecular complexity index is 883. The molecule has 102 valence electrons. The van der Waals surface area contributed by atoms with Gasteiger partial charge < -0.3 is 0 Å². The Morgan fingerprint density at radius 2 is 1.80 bits per heavy atom.